The van der Waals surface area contributed by atoms with Crippen molar-refractivity contribution in [3.8, 4) is 0 Å². The average Bonchev–Trinajstić information content (AvgIpc) is 1.68. The number of thioether (sulfide) groups is 1. The number of hydrogen-bond acceptors (Lipinski definition) is 3. The monoisotopic (exact) mass is 119 g/mol. The van der Waals surface area contributed by atoms with Crippen molar-refractivity contribution < 1.29 is 4.84 Å². The first-order valence-electron chi connectivity index (χ1n) is 1.93. The van der Waals surface area contributed by atoms with E-state index in [1.54, 1.807) is 18.9 Å². The molecule has 0 atom stereocenters. The molecule has 0 aliphatic rings. The van der Waals surface area contributed by atoms with E-state index in [2.05, 4.69) is 9.99 Å². The van der Waals surface area contributed by atoms with Crippen molar-refractivity contribution >= 4 is 16.8 Å². The van der Waals surface area contributed by atoms with Gasteiger partial charge in [0.2, 0.25) is 0 Å². The fourth-order valence-electron chi connectivity index (χ4n) is 0.166. The summed E-state index contributed by atoms with van der Waals surface area (Å²) in [5.41, 5.74) is 0. The highest BCUT2D eigenvalue weighted by Crippen LogP contribution is 1.94. The summed E-state index contributed by atoms with van der Waals surface area (Å²) >= 11 is 1.57. The number of hydrogen-bond donors (Lipinski definition) is 0. The van der Waals surface area contributed by atoms with Gasteiger partial charge in [-0.1, -0.05) is 5.16 Å². The van der Waals surface area contributed by atoms with E-state index >= 15 is 0 Å². The lowest BCUT2D eigenvalue weighted by atomic mass is 10.9. The van der Waals surface area contributed by atoms with Gasteiger partial charge in [-0.25, -0.2) is 0 Å². The van der Waals surface area contributed by atoms with Crippen LogP contribution in [0.4, 0.5) is 0 Å². The van der Waals surface area contributed by atoms with Crippen LogP contribution in [0.5, 0.6) is 0 Å². The molecule has 0 aromatic rings. The molecular formula is C4H9NOS. The topological polar surface area (TPSA) is 21.6 Å². The molecule has 42 valence electrons. The molecule has 0 rings (SSSR count). The summed E-state index contributed by atoms with van der Waals surface area (Å²) in [4.78, 5) is 4.46. The van der Waals surface area contributed by atoms with Crippen molar-refractivity contribution in [2.24, 2.45) is 5.16 Å². The van der Waals surface area contributed by atoms with Gasteiger partial charge in [0.25, 0.3) is 0 Å². The normalized spacial score (nSPS) is 11.6. The van der Waals surface area contributed by atoms with Crippen LogP contribution in [0, 0.1) is 0 Å². The van der Waals surface area contributed by atoms with Crippen LogP contribution in [0.2, 0.25) is 0 Å². The van der Waals surface area contributed by atoms with E-state index in [1.165, 1.54) is 0 Å². The maximum absolute atomic E-state index is 4.46. The molecule has 0 bridgehead atoms. The Morgan fingerprint density at radius 3 is 2.43 bits per heavy atom. The molecule has 0 fully saturated rings. The average molecular weight is 119 g/mol. The Hall–Kier alpha value is -0.180. The first kappa shape index (κ1) is 6.82. The molecule has 0 aromatic carbocycles. The zero-order valence-corrected chi connectivity index (χ0v) is 5.58. The Morgan fingerprint density at radius 2 is 2.29 bits per heavy atom. The second-order valence-electron chi connectivity index (χ2n) is 0.997. The van der Waals surface area contributed by atoms with Gasteiger partial charge in [0.05, 0.1) is 0 Å². The molecule has 3 heteroatoms. The van der Waals surface area contributed by atoms with Crippen LogP contribution in [0.15, 0.2) is 5.16 Å². The molecule has 0 amide bonds. The minimum atomic E-state index is 0.947. The number of nitrogens with zero attached hydrogens (tertiary/aromatic N) is 1. The fraction of sp³-hybridized carbons (Fsp3) is 0.750. The van der Waals surface area contributed by atoms with Crippen LogP contribution in [0.3, 0.4) is 0 Å². The largest absolute Gasteiger partial charge is 0.399 e. The third-order valence-electron chi connectivity index (χ3n) is 0.515. The van der Waals surface area contributed by atoms with Crippen LogP contribution >= 0.6 is 11.8 Å². The Balaban J connectivity index is 3.29. The van der Waals surface area contributed by atoms with Crippen LogP contribution in [0.1, 0.15) is 6.92 Å². The van der Waals surface area contributed by atoms with E-state index < -0.39 is 0 Å². The molecule has 2 nitrogen and oxygen atoms in total. The minimum absolute atomic E-state index is 0.947. The van der Waals surface area contributed by atoms with Crippen molar-refractivity contribution in [1.82, 2.24) is 0 Å². The minimum Gasteiger partial charge on any atom is -0.399 e. The van der Waals surface area contributed by atoms with Crippen LogP contribution < -0.4 is 0 Å². The van der Waals surface area contributed by atoms with Gasteiger partial charge in [-0.2, -0.15) is 0 Å². The highest BCUT2D eigenvalue weighted by atomic mass is 32.2. The molecule has 0 N–H and O–H groups in total. The lowest BCUT2D eigenvalue weighted by Crippen LogP contribution is -1.80. The lowest BCUT2D eigenvalue weighted by molar-refractivity contribution is 0.214. The summed E-state index contributed by atoms with van der Waals surface area (Å²) in [5.74, 6) is 0. The predicted octanol–water partition coefficient (Wildman–Crippen LogP) is 1.33. The van der Waals surface area contributed by atoms with Gasteiger partial charge in [-0.3, -0.25) is 0 Å². The zero-order chi connectivity index (χ0) is 5.70. The highest BCUT2D eigenvalue weighted by Gasteiger charge is 1.80. The van der Waals surface area contributed by atoms with Gasteiger partial charge in [-0.05, 0) is 13.2 Å². The summed E-state index contributed by atoms with van der Waals surface area (Å²) in [7, 11) is 1.54. The van der Waals surface area contributed by atoms with E-state index in [0.717, 1.165) is 5.04 Å². The van der Waals surface area contributed by atoms with E-state index in [9.17, 15) is 0 Å². The quantitative estimate of drug-likeness (QED) is 0.295. The molecule has 0 aromatic heterocycles. The zero-order valence-electron chi connectivity index (χ0n) is 4.76. The van der Waals surface area contributed by atoms with E-state index in [1.807, 2.05) is 13.2 Å². The second-order valence-corrected chi connectivity index (χ2v) is 2.00. The first-order valence-corrected chi connectivity index (χ1v) is 3.15. The number of oxime groups is 1. The molecular weight excluding hydrogens is 110 g/mol. The third kappa shape index (κ3) is 3.66. The van der Waals surface area contributed by atoms with Gasteiger partial charge in [-0.15, -0.1) is 11.8 Å². The van der Waals surface area contributed by atoms with Gasteiger partial charge in [0, 0.05) is 0 Å². The molecule has 0 saturated carbocycles. The van der Waals surface area contributed by atoms with Crippen molar-refractivity contribution in [2.75, 3.05) is 13.4 Å². The van der Waals surface area contributed by atoms with Crippen molar-refractivity contribution in [1.29, 1.82) is 0 Å². The smallest absolute Gasteiger partial charge is 0.109 e. The summed E-state index contributed by atoms with van der Waals surface area (Å²) in [6, 6.07) is 0. The van der Waals surface area contributed by atoms with Gasteiger partial charge >= 0.3 is 0 Å². The molecule has 0 aliphatic heterocycles. The molecule has 0 heterocycles. The van der Waals surface area contributed by atoms with Crippen molar-refractivity contribution in [3.05, 3.63) is 0 Å². The van der Waals surface area contributed by atoms with Crippen molar-refractivity contribution in [3.63, 3.8) is 0 Å². The second kappa shape index (κ2) is 3.99. The summed E-state index contributed by atoms with van der Waals surface area (Å²) < 4.78 is 0. The Kier molecular flexibility index (Phi) is 3.89. The first-order chi connectivity index (χ1) is 3.31. The molecule has 0 saturated heterocycles. The van der Waals surface area contributed by atoms with Crippen LogP contribution in [-0.4, -0.2) is 18.4 Å². The van der Waals surface area contributed by atoms with Crippen LogP contribution in [0.25, 0.3) is 0 Å². The fourth-order valence-corrected chi connectivity index (χ4v) is 0.315. The summed E-state index contributed by atoms with van der Waals surface area (Å²) in [6.07, 6.45) is 1.96. The maximum atomic E-state index is 4.46. The highest BCUT2D eigenvalue weighted by molar-refractivity contribution is 8.13. The molecule has 0 spiro atoms. The van der Waals surface area contributed by atoms with E-state index in [0.29, 0.717) is 0 Å². The standard InChI is InChI=1S/C4H9NOS/c1-4(7-3)5-6-2/h1-3H3. The predicted molar refractivity (Wildman–Crippen MR) is 33.6 cm³/mol. The van der Waals surface area contributed by atoms with Gasteiger partial charge in [0.15, 0.2) is 0 Å². The Bertz CT molecular complexity index is 72.1. The van der Waals surface area contributed by atoms with Gasteiger partial charge in [0.1, 0.15) is 12.2 Å². The van der Waals surface area contributed by atoms with Crippen LogP contribution in [-0.2, 0) is 4.84 Å². The Labute approximate surface area is 47.9 Å². The van der Waals surface area contributed by atoms with E-state index in [4.69, 9.17) is 0 Å². The number of rotatable bonds is 1. The Morgan fingerprint density at radius 1 is 1.71 bits per heavy atom. The van der Waals surface area contributed by atoms with Gasteiger partial charge < -0.3 is 4.84 Å². The SMILES string of the molecule is CON=C(C)SC. The summed E-state index contributed by atoms with van der Waals surface area (Å²) in [6.45, 7) is 1.90. The van der Waals surface area contributed by atoms with E-state index in [-0.39, 0.29) is 0 Å². The summed E-state index contributed by atoms with van der Waals surface area (Å²) in [5, 5.41) is 4.57. The molecule has 7 heavy (non-hydrogen) atoms. The lowest BCUT2D eigenvalue weighted by Gasteiger charge is -1.88. The maximum Gasteiger partial charge on any atom is 0.109 e. The third-order valence-corrected chi connectivity index (χ3v) is 1.18. The molecule has 0 unspecified atom stereocenters. The molecule has 0 radical (unpaired) electrons. The molecule has 0 aliphatic carbocycles. The van der Waals surface area contributed by atoms with Crippen molar-refractivity contribution in [2.45, 2.75) is 6.92 Å².